The van der Waals surface area contributed by atoms with Crippen LogP contribution in [0.5, 0.6) is 5.88 Å². The second-order valence-corrected chi connectivity index (χ2v) is 8.42. The Morgan fingerprint density at radius 1 is 1.34 bits per heavy atom. The van der Waals surface area contributed by atoms with E-state index in [4.69, 9.17) is 21.6 Å². The monoisotopic (exact) mass is 418 g/mol. The molecule has 0 radical (unpaired) electrons. The molecule has 7 nitrogen and oxygen atoms in total. The number of alkyl halides is 1. The van der Waals surface area contributed by atoms with Gasteiger partial charge in [0.1, 0.15) is 17.3 Å². The molecule has 0 unspecified atom stereocenters. The molecule has 0 aromatic carbocycles. The molecule has 0 bridgehead atoms. The van der Waals surface area contributed by atoms with E-state index in [2.05, 4.69) is 26.5 Å². The minimum atomic E-state index is -1.32. The van der Waals surface area contributed by atoms with Gasteiger partial charge in [-0.1, -0.05) is 30.9 Å². The smallest absolute Gasteiger partial charge is 0.237 e. The molecule has 2 saturated carbocycles. The maximum absolute atomic E-state index is 14.8. The second-order valence-electron chi connectivity index (χ2n) is 8.01. The summed E-state index contributed by atoms with van der Waals surface area (Å²) in [6.07, 6.45) is 8.64. The molecule has 1 N–H and O–H groups in total. The number of ether oxygens (including phenoxy) is 1. The van der Waals surface area contributed by atoms with E-state index < -0.39 is 5.67 Å². The molecule has 0 atom stereocenters. The third-order valence-electron chi connectivity index (χ3n) is 5.86. The minimum Gasteiger partial charge on any atom is -0.473 e. The Morgan fingerprint density at radius 2 is 2.10 bits per heavy atom. The van der Waals surface area contributed by atoms with Crippen molar-refractivity contribution in [3.05, 3.63) is 23.1 Å². The zero-order valence-electron chi connectivity index (χ0n) is 16.4. The molecule has 0 amide bonds. The number of anilines is 2. The maximum atomic E-state index is 14.8. The van der Waals surface area contributed by atoms with Gasteiger partial charge in [0.05, 0.1) is 41.8 Å². The van der Waals surface area contributed by atoms with Gasteiger partial charge in [-0.05, 0) is 32.6 Å². The molecule has 0 saturated heterocycles. The number of rotatable bonds is 6. The van der Waals surface area contributed by atoms with E-state index in [9.17, 15) is 4.39 Å². The van der Waals surface area contributed by atoms with Gasteiger partial charge < -0.3 is 10.1 Å². The van der Waals surface area contributed by atoms with Crippen LogP contribution in [-0.4, -0.2) is 32.0 Å². The topological polar surface area (TPSA) is 88.7 Å². The van der Waals surface area contributed by atoms with Crippen LogP contribution in [0.1, 0.15) is 56.7 Å². The van der Waals surface area contributed by atoms with Crippen LogP contribution in [0.2, 0.25) is 5.02 Å². The first-order chi connectivity index (χ1) is 14.0. The van der Waals surface area contributed by atoms with Crippen LogP contribution in [0.25, 0.3) is 0 Å². The molecule has 2 heterocycles. The lowest BCUT2D eigenvalue weighted by molar-refractivity contribution is 0.0457. The van der Waals surface area contributed by atoms with Gasteiger partial charge in [0, 0.05) is 0 Å². The van der Waals surface area contributed by atoms with Crippen molar-refractivity contribution in [2.75, 3.05) is 11.9 Å². The zero-order chi connectivity index (χ0) is 20.4. The van der Waals surface area contributed by atoms with E-state index in [1.165, 1.54) is 6.20 Å². The number of hydrogen-bond acceptors (Lipinski definition) is 6. The summed E-state index contributed by atoms with van der Waals surface area (Å²) < 4.78 is 22.4. The van der Waals surface area contributed by atoms with Crippen molar-refractivity contribution in [2.45, 2.75) is 63.6 Å². The van der Waals surface area contributed by atoms with Crippen molar-refractivity contribution < 1.29 is 9.13 Å². The standard InChI is InChI=1S/C20H24ClFN6O/c1-13-17(11-25-28(13)15-7-14(8-15)9-23)26-19-24-10-16(21)18(27-19)29-12-20(22)5-3-2-4-6-20/h10-11,14-15H,2-8,12H2,1H3,(H,24,26,27). The average molecular weight is 419 g/mol. The molecule has 0 spiro atoms. The summed E-state index contributed by atoms with van der Waals surface area (Å²) in [4.78, 5) is 8.51. The molecular weight excluding hydrogens is 395 g/mol. The normalized spacial score (nSPS) is 23.1. The number of halogens is 2. The number of aromatic nitrogens is 4. The Bertz CT molecular complexity index is 914. The quantitative estimate of drug-likeness (QED) is 0.717. The van der Waals surface area contributed by atoms with Crippen molar-refractivity contribution in [3.8, 4) is 11.9 Å². The molecule has 154 valence electrons. The van der Waals surface area contributed by atoms with Crippen LogP contribution in [0.15, 0.2) is 12.4 Å². The lowest BCUT2D eigenvalue weighted by Crippen LogP contribution is -2.33. The Labute approximate surface area is 174 Å². The van der Waals surface area contributed by atoms with Gasteiger partial charge in [-0.15, -0.1) is 0 Å². The highest BCUT2D eigenvalue weighted by atomic mass is 35.5. The van der Waals surface area contributed by atoms with Crippen LogP contribution in [0, 0.1) is 24.2 Å². The van der Waals surface area contributed by atoms with Crippen molar-refractivity contribution in [2.24, 2.45) is 5.92 Å². The van der Waals surface area contributed by atoms with Gasteiger partial charge in [-0.25, -0.2) is 9.37 Å². The molecule has 2 aromatic rings. The molecule has 29 heavy (non-hydrogen) atoms. The number of nitrogens with zero attached hydrogens (tertiary/aromatic N) is 5. The minimum absolute atomic E-state index is 0.0537. The molecule has 2 aliphatic rings. The number of hydrogen-bond donors (Lipinski definition) is 1. The first kappa shape index (κ1) is 19.9. The van der Waals surface area contributed by atoms with Crippen molar-refractivity contribution in [3.63, 3.8) is 0 Å². The van der Waals surface area contributed by atoms with Crippen LogP contribution < -0.4 is 10.1 Å². The highest BCUT2D eigenvalue weighted by Gasteiger charge is 2.33. The predicted molar refractivity (Wildman–Crippen MR) is 107 cm³/mol. The Hall–Kier alpha value is -2.40. The van der Waals surface area contributed by atoms with Crippen LogP contribution in [-0.2, 0) is 0 Å². The molecule has 2 aliphatic carbocycles. The van der Waals surface area contributed by atoms with Gasteiger partial charge in [-0.2, -0.15) is 15.3 Å². The van der Waals surface area contributed by atoms with Gasteiger partial charge in [0.25, 0.3) is 0 Å². The van der Waals surface area contributed by atoms with Crippen molar-refractivity contribution >= 4 is 23.2 Å². The SMILES string of the molecule is Cc1c(Nc2ncc(Cl)c(OCC3(F)CCCCC3)n2)cnn1C1CC(C#N)C1. The van der Waals surface area contributed by atoms with E-state index in [-0.39, 0.29) is 29.5 Å². The fourth-order valence-corrected chi connectivity index (χ4v) is 4.11. The van der Waals surface area contributed by atoms with Gasteiger partial charge in [0.15, 0.2) is 0 Å². The highest BCUT2D eigenvalue weighted by Crippen LogP contribution is 2.39. The first-order valence-electron chi connectivity index (χ1n) is 10.0. The maximum Gasteiger partial charge on any atom is 0.237 e. The fourth-order valence-electron chi connectivity index (χ4n) is 3.97. The van der Waals surface area contributed by atoms with Crippen LogP contribution >= 0.6 is 11.6 Å². The van der Waals surface area contributed by atoms with Crippen molar-refractivity contribution in [1.29, 1.82) is 5.26 Å². The Balaban J connectivity index is 1.43. The summed E-state index contributed by atoms with van der Waals surface area (Å²) in [5.74, 6) is 0.599. The summed E-state index contributed by atoms with van der Waals surface area (Å²) >= 11 is 6.15. The summed E-state index contributed by atoms with van der Waals surface area (Å²) in [7, 11) is 0. The lowest BCUT2D eigenvalue weighted by Gasteiger charge is -2.31. The van der Waals surface area contributed by atoms with Gasteiger partial charge in [-0.3, -0.25) is 4.68 Å². The molecule has 0 aliphatic heterocycles. The largest absolute Gasteiger partial charge is 0.473 e. The first-order valence-corrected chi connectivity index (χ1v) is 10.4. The molecule has 4 rings (SSSR count). The van der Waals surface area contributed by atoms with E-state index in [1.54, 1.807) is 6.20 Å². The number of nitrogens with one attached hydrogen (secondary N) is 1. The Kier molecular flexibility index (Phi) is 5.59. The lowest BCUT2D eigenvalue weighted by atomic mass is 9.81. The average Bonchev–Trinajstić information content (AvgIpc) is 3.02. The van der Waals surface area contributed by atoms with Crippen LogP contribution in [0.4, 0.5) is 16.0 Å². The summed E-state index contributed by atoms with van der Waals surface area (Å²) in [5, 5.41) is 16.8. The summed E-state index contributed by atoms with van der Waals surface area (Å²) in [6, 6.07) is 2.53. The second kappa shape index (κ2) is 8.15. The Morgan fingerprint density at radius 3 is 2.83 bits per heavy atom. The van der Waals surface area contributed by atoms with E-state index in [0.29, 0.717) is 18.8 Å². The molecule has 2 aromatic heterocycles. The molecule has 2 fully saturated rings. The predicted octanol–water partition coefficient (Wildman–Crippen LogP) is 4.90. The van der Waals surface area contributed by atoms with Crippen LogP contribution in [0.3, 0.4) is 0 Å². The molecular formula is C20H24ClFN6O. The zero-order valence-corrected chi connectivity index (χ0v) is 17.1. The molecule has 9 heteroatoms. The van der Waals surface area contributed by atoms with Gasteiger partial charge in [0.2, 0.25) is 11.8 Å². The van der Waals surface area contributed by atoms with Gasteiger partial charge >= 0.3 is 0 Å². The third kappa shape index (κ3) is 4.30. The summed E-state index contributed by atoms with van der Waals surface area (Å²) in [5.41, 5.74) is 0.396. The summed E-state index contributed by atoms with van der Waals surface area (Å²) in [6.45, 7) is 1.90. The third-order valence-corrected chi connectivity index (χ3v) is 6.12. The van der Waals surface area contributed by atoms with E-state index >= 15 is 0 Å². The fraction of sp³-hybridized carbons (Fsp3) is 0.600. The van der Waals surface area contributed by atoms with E-state index in [1.807, 2.05) is 11.6 Å². The highest BCUT2D eigenvalue weighted by molar-refractivity contribution is 6.31. The number of nitriles is 1. The van der Waals surface area contributed by atoms with E-state index in [0.717, 1.165) is 43.5 Å². The van der Waals surface area contributed by atoms with Crippen molar-refractivity contribution in [1.82, 2.24) is 19.7 Å².